The number of nitrogens with one attached hydrogen (secondary N) is 2. The van der Waals surface area contributed by atoms with E-state index in [4.69, 9.17) is 4.74 Å². The minimum Gasteiger partial charge on any atom is -0.497 e. The third kappa shape index (κ3) is 6.32. The van der Waals surface area contributed by atoms with E-state index in [0.717, 1.165) is 31.2 Å². The Morgan fingerprint density at radius 2 is 1.69 bits per heavy atom. The summed E-state index contributed by atoms with van der Waals surface area (Å²) in [5.41, 5.74) is 2.45. The van der Waals surface area contributed by atoms with Crippen LogP contribution in [0.5, 0.6) is 5.75 Å². The van der Waals surface area contributed by atoms with E-state index in [1.165, 1.54) is 18.4 Å². The zero-order valence-corrected chi connectivity index (χ0v) is 17.1. The summed E-state index contributed by atoms with van der Waals surface area (Å²) in [6.07, 6.45) is 2.52. The average Bonchev–Trinajstić information content (AvgIpc) is 2.75. The van der Waals surface area contributed by atoms with E-state index < -0.39 is 0 Å². The van der Waals surface area contributed by atoms with Gasteiger partial charge in [-0.15, -0.1) is 0 Å². The number of likely N-dealkylation sites (tertiary alicyclic amines) is 1. The first kappa shape index (κ1) is 20.9. The highest BCUT2D eigenvalue weighted by Gasteiger charge is 2.15. The zero-order valence-electron chi connectivity index (χ0n) is 17.1. The quantitative estimate of drug-likeness (QED) is 0.755. The SMILES string of the molecule is COc1ccc(C(=O)NCC(=O)Nc2ccc(CN3CCC(C)CC3)cc2)cc1. The van der Waals surface area contributed by atoms with Crippen molar-refractivity contribution >= 4 is 17.5 Å². The highest BCUT2D eigenvalue weighted by Crippen LogP contribution is 2.19. The van der Waals surface area contributed by atoms with Crippen molar-refractivity contribution in [2.24, 2.45) is 5.92 Å². The summed E-state index contributed by atoms with van der Waals surface area (Å²) in [7, 11) is 1.57. The fourth-order valence-electron chi connectivity index (χ4n) is 3.38. The van der Waals surface area contributed by atoms with Crippen molar-refractivity contribution in [1.82, 2.24) is 10.2 Å². The third-order valence-corrected chi connectivity index (χ3v) is 5.28. The molecule has 1 aliphatic rings. The molecule has 154 valence electrons. The normalized spacial score (nSPS) is 15.0. The lowest BCUT2D eigenvalue weighted by atomic mass is 9.99. The topological polar surface area (TPSA) is 70.7 Å². The lowest BCUT2D eigenvalue weighted by molar-refractivity contribution is -0.115. The van der Waals surface area contributed by atoms with Crippen LogP contribution in [0.15, 0.2) is 48.5 Å². The molecule has 1 aliphatic heterocycles. The second-order valence-electron chi connectivity index (χ2n) is 7.61. The number of nitrogens with zero attached hydrogens (tertiary/aromatic N) is 1. The molecular formula is C23H29N3O3. The fraction of sp³-hybridized carbons (Fsp3) is 0.391. The van der Waals surface area contributed by atoms with Crippen LogP contribution in [-0.4, -0.2) is 43.5 Å². The van der Waals surface area contributed by atoms with Crippen LogP contribution in [0.3, 0.4) is 0 Å². The van der Waals surface area contributed by atoms with Gasteiger partial charge in [0.05, 0.1) is 13.7 Å². The number of ether oxygens (including phenoxy) is 1. The molecule has 29 heavy (non-hydrogen) atoms. The predicted octanol–water partition coefficient (Wildman–Crippen LogP) is 3.30. The summed E-state index contributed by atoms with van der Waals surface area (Å²) in [4.78, 5) is 26.7. The molecule has 3 rings (SSSR count). The molecular weight excluding hydrogens is 366 g/mol. The molecule has 0 saturated carbocycles. The maximum absolute atomic E-state index is 12.1. The standard InChI is InChI=1S/C23H29N3O3/c1-17-11-13-26(14-12-17)16-18-3-7-20(8-4-18)25-22(27)15-24-23(28)19-5-9-21(29-2)10-6-19/h3-10,17H,11-16H2,1-2H3,(H,24,28)(H,25,27). The maximum Gasteiger partial charge on any atom is 0.251 e. The van der Waals surface area contributed by atoms with Crippen LogP contribution in [0.1, 0.15) is 35.7 Å². The number of anilines is 1. The first-order valence-corrected chi connectivity index (χ1v) is 10.1. The number of methoxy groups -OCH3 is 1. The first-order chi connectivity index (χ1) is 14.0. The Morgan fingerprint density at radius 1 is 1.03 bits per heavy atom. The van der Waals surface area contributed by atoms with E-state index in [1.807, 2.05) is 24.3 Å². The number of carbonyl (C=O) groups excluding carboxylic acids is 2. The number of rotatable bonds is 7. The minimum atomic E-state index is -0.297. The summed E-state index contributed by atoms with van der Waals surface area (Å²) >= 11 is 0. The highest BCUT2D eigenvalue weighted by molar-refractivity contribution is 5.99. The molecule has 6 nitrogen and oxygen atoms in total. The van der Waals surface area contributed by atoms with Gasteiger partial charge in [-0.1, -0.05) is 19.1 Å². The number of hydrogen-bond donors (Lipinski definition) is 2. The molecule has 2 N–H and O–H groups in total. The Morgan fingerprint density at radius 3 is 2.31 bits per heavy atom. The molecule has 1 heterocycles. The Kier molecular flexibility index (Phi) is 7.25. The molecule has 0 unspecified atom stereocenters. The summed E-state index contributed by atoms with van der Waals surface area (Å²) in [5, 5.41) is 5.44. The van der Waals surface area contributed by atoms with Gasteiger partial charge in [-0.2, -0.15) is 0 Å². The van der Waals surface area contributed by atoms with Gasteiger partial charge in [-0.05, 0) is 73.8 Å². The monoisotopic (exact) mass is 395 g/mol. The van der Waals surface area contributed by atoms with Crippen LogP contribution < -0.4 is 15.4 Å². The van der Waals surface area contributed by atoms with E-state index in [9.17, 15) is 9.59 Å². The zero-order chi connectivity index (χ0) is 20.6. The molecule has 0 aliphatic carbocycles. The van der Waals surface area contributed by atoms with Crippen LogP contribution in [0, 0.1) is 5.92 Å². The van der Waals surface area contributed by atoms with E-state index in [0.29, 0.717) is 11.3 Å². The van der Waals surface area contributed by atoms with E-state index in [2.05, 4.69) is 22.5 Å². The van der Waals surface area contributed by atoms with Crippen LogP contribution >= 0.6 is 0 Å². The lowest BCUT2D eigenvalue weighted by Crippen LogP contribution is -2.33. The fourth-order valence-corrected chi connectivity index (χ4v) is 3.38. The summed E-state index contributed by atoms with van der Waals surface area (Å²) in [5.74, 6) is 0.949. The van der Waals surface area contributed by atoms with Gasteiger partial charge in [0.25, 0.3) is 5.91 Å². The summed E-state index contributed by atoms with van der Waals surface area (Å²) < 4.78 is 5.07. The Hall–Kier alpha value is -2.86. The smallest absolute Gasteiger partial charge is 0.251 e. The number of piperidine rings is 1. The largest absolute Gasteiger partial charge is 0.497 e. The third-order valence-electron chi connectivity index (χ3n) is 5.28. The van der Waals surface area contributed by atoms with Crippen molar-refractivity contribution < 1.29 is 14.3 Å². The Balaban J connectivity index is 1.43. The molecule has 6 heteroatoms. The molecule has 0 spiro atoms. The number of hydrogen-bond acceptors (Lipinski definition) is 4. The van der Waals surface area contributed by atoms with Crippen molar-refractivity contribution in [2.75, 3.05) is 32.1 Å². The van der Waals surface area contributed by atoms with Gasteiger partial charge in [-0.3, -0.25) is 14.5 Å². The average molecular weight is 396 g/mol. The molecule has 0 atom stereocenters. The number of benzene rings is 2. The molecule has 0 bridgehead atoms. The summed E-state index contributed by atoms with van der Waals surface area (Å²) in [6.45, 7) is 5.47. The molecule has 2 amide bonds. The first-order valence-electron chi connectivity index (χ1n) is 10.1. The van der Waals surface area contributed by atoms with Gasteiger partial charge < -0.3 is 15.4 Å². The van der Waals surface area contributed by atoms with Crippen molar-refractivity contribution in [3.8, 4) is 5.75 Å². The van der Waals surface area contributed by atoms with Crippen LogP contribution in [0.25, 0.3) is 0 Å². The number of carbonyl (C=O) groups is 2. The van der Waals surface area contributed by atoms with Crippen molar-refractivity contribution in [1.29, 1.82) is 0 Å². The molecule has 1 saturated heterocycles. The van der Waals surface area contributed by atoms with Gasteiger partial charge >= 0.3 is 0 Å². The van der Waals surface area contributed by atoms with Crippen LogP contribution in [0.2, 0.25) is 0 Å². The number of amides is 2. The predicted molar refractivity (Wildman–Crippen MR) is 114 cm³/mol. The van der Waals surface area contributed by atoms with Gasteiger partial charge in [-0.25, -0.2) is 0 Å². The van der Waals surface area contributed by atoms with Crippen molar-refractivity contribution in [3.63, 3.8) is 0 Å². The highest BCUT2D eigenvalue weighted by atomic mass is 16.5. The maximum atomic E-state index is 12.1. The van der Waals surface area contributed by atoms with Crippen molar-refractivity contribution in [3.05, 3.63) is 59.7 Å². The summed E-state index contributed by atoms with van der Waals surface area (Å²) in [6, 6.07) is 14.6. The van der Waals surface area contributed by atoms with Crippen LogP contribution in [-0.2, 0) is 11.3 Å². The molecule has 2 aromatic rings. The van der Waals surface area contributed by atoms with Gasteiger partial charge in [0.2, 0.25) is 5.91 Å². The Bertz CT molecular complexity index is 810. The van der Waals surface area contributed by atoms with Gasteiger partial charge in [0, 0.05) is 17.8 Å². The molecule has 2 aromatic carbocycles. The van der Waals surface area contributed by atoms with E-state index in [-0.39, 0.29) is 18.4 Å². The van der Waals surface area contributed by atoms with Gasteiger partial charge in [0.15, 0.2) is 0 Å². The van der Waals surface area contributed by atoms with Gasteiger partial charge in [0.1, 0.15) is 5.75 Å². The Labute approximate surface area is 172 Å². The second kappa shape index (κ2) is 10.1. The lowest BCUT2D eigenvalue weighted by Gasteiger charge is -2.30. The molecule has 0 aromatic heterocycles. The molecule has 1 fully saturated rings. The van der Waals surface area contributed by atoms with E-state index in [1.54, 1.807) is 31.4 Å². The van der Waals surface area contributed by atoms with Crippen molar-refractivity contribution in [2.45, 2.75) is 26.3 Å². The van der Waals surface area contributed by atoms with Crippen LogP contribution in [0.4, 0.5) is 5.69 Å². The molecule has 0 radical (unpaired) electrons. The second-order valence-corrected chi connectivity index (χ2v) is 7.61. The minimum absolute atomic E-state index is 0.0847. The van der Waals surface area contributed by atoms with E-state index >= 15 is 0 Å².